The van der Waals surface area contributed by atoms with Crippen molar-refractivity contribution in [1.82, 2.24) is 0 Å². The highest BCUT2D eigenvalue weighted by Gasteiger charge is 1.95. The summed E-state index contributed by atoms with van der Waals surface area (Å²) in [5.74, 6) is 0. The van der Waals surface area contributed by atoms with Crippen LogP contribution < -0.4 is 0 Å². The van der Waals surface area contributed by atoms with E-state index in [1.165, 1.54) is 0 Å². The summed E-state index contributed by atoms with van der Waals surface area (Å²) in [5, 5.41) is 17.9. The van der Waals surface area contributed by atoms with Crippen molar-refractivity contribution in [1.29, 1.82) is 0 Å². The molecule has 0 bridgehead atoms. The molecule has 0 amide bonds. The zero-order valence-electron chi connectivity index (χ0n) is 15.7. The van der Waals surface area contributed by atoms with E-state index in [2.05, 4.69) is 9.98 Å². The molecule has 0 radical (unpaired) electrons. The predicted octanol–water partition coefficient (Wildman–Crippen LogP) is 4.26. The molecule has 3 rings (SSSR count). The van der Waals surface area contributed by atoms with Crippen molar-refractivity contribution in [3.8, 4) is 0 Å². The van der Waals surface area contributed by atoms with E-state index in [-0.39, 0.29) is 13.2 Å². The summed E-state index contributed by atoms with van der Waals surface area (Å²) in [6.45, 7) is 0.320. The summed E-state index contributed by atoms with van der Waals surface area (Å²) < 4.78 is 0. The number of hydrogen-bond donors (Lipinski definition) is 2. The highest BCUT2D eigenvalue weighted by molar-refractivity contribution is 5.86. The van der Waals surface area contributed by atoms with Crippen LogP contribution in [0.25, 0.3) is 0 Å². The van der Waals surface area contributed by atoms with Crippen LogP contribution in [0, 0.1) is 0 Å². The number of nitrogens with zero attached hydrogens (tertiary/aromatic N) is 2. The van der Waals surface area contributed by atoms with Gasteiger partial charge in [-0.2, -0.15) is 0 Å². The van der Waals surface area contributed by atoms with Gasteiger partial charge in [-0.15, -0.1) is 0 Å². The molecule has 0 saturated carbocycles. The van der Waals surface area contributed by atoms with Crippen molar-refractivity contribution in [3.05, 3.63) is 95.1 Å². The maximum atomic E-state index is 8.95. The van der Waals surface area contributed by atoms with Gasteiger partial charge in [0.25, 0.3) is 0 Å². The van der Waals surface area contributed by atoms with Gasteiger partial charge in [0, 0.05) is 25.6 Å². The Labute approximate surface area is 165 Å². The maximum absolute atomic E-state index is 8.95. The number of aliphatic hydroxyl groups is 2. The Morgan fingerprint density at radius 1 is 0.536 bits per heavy atom. The van der Waals surface area contributed by atoms with Crippen LogP contribution >= 0.6 is 0 Å². The van der Waals surface area contributed by atoms with Crippen molar-refractivity contribution in [3.63, 3.8) is 0 Å². The van der Waals surface area contributed by atoms with Crippen LogP contribution in [0.4, 0.5) is 11.4 Å². The Bertz CT molecular complexity index is 834. The minimum absolute atomic E-state index is 0.160. The molecule has 4 nitrogen and oxygen atoms in total. The van der Waals surface area contributed by atoms with E-state index in [4.69, 9.17) is 10.2 Å². The highest BCUT2D eigenvalue weighted by atomic mass is 16.3. The predicted molar refractivity (Wildman–Crippen MR) is 115 cm³/mol. The maximum Gasteiger partial charge on any atom is 0.0630 e. The molecular formula is C24H24N2O2. The molecule has 0 unspecified atom stereocenters. The molecule has 3 aromatic carbocycles. The van der Waals surface area contributed by atoms with Gasteiger partial charge in [0.1, 0.15) is 0 Å². The van der Waals surface area contributed by atoms with Gasteiger partial charge >= 0.3 is 0 Å². The molecule has 0 aliphatic rings. The van der Waals surface area contributed by atoms with Crippen LogP contribution in [0.15, 0.2) is 82.8 Å². The molecule has 0 heterocycles. The summed E-state index contributed by atoms with van der Waals surface area (Å²) in [5.41, 5.74) is 6.02. The van der Waals surface area contributed by atoms with Gasteiger partial charge in [0.2, 0.25) is 0 Å². The van der Waals surface area contributed by atoms with E-state index >= 15 is 0 Å². The molecule has 2 N–H and O–H groups in total. The van der Waals surface area contributed by atoms with Gasteiger partial charge in [-0.3, -0.25) is 9.98 Å². The molecule has 4 heteroatoms. The van der Waals surface area contributed by atoms with Gasteiger partial charge in [-0.1, -0.05) is 48.5 Å². The van der Waals surface area contributed by atoms with Gasteiger partial charge in [-0.25, -0.2) is 0 Å². The van der Waals surface area contributed by atoms with Crippen molar-refractivity contribution >= 4 is 23.8 Å². The molecule has 0 saturated heterocycles. The Balaban J connectivity index is 1.59. The average Bonchev–Trinajstić information content (AvgIpc) is 2.74. The first-order valence-corrected chi connectivity index (χ1v) is 9.34. The van der Waals surface area contributed by atoms with Gasteiger partial charge in [-0.05, 0) is 59.4 Å². The van der Waals surface area contributed by atoms with E-state index < -0.39 is 0 Å². The van der Waals surface area contributed by atoms with Crippen LogP contribution in [-0.4, -0.2) is 35.9 Å². The fraction of sp³-hybridized carbons (Fsp3) is 0.167. The summed E-state index contributed by atoms with van der Waals surface area (Å²) in [7, 11) is 0. The second kappa shape index (κ2) is 10.3. The molecule has 0 aliphatic heterocycles. The lowest BCUT2D eigenvalue weighted by Crippen LogP contribution is -1.89. The summed E-state index contributed by atoms with van der Waals surface area (Å²) in [6.07, 6.45) is 5.00. The number of rotatable bonds is 8. The standard InChI is InChI=1S/C24H24N2O2/c27-15-13-19-5-9-23(10-6-19)25-17-21-1-2-22(4-3-21)18-26-24-11-7-20(8-12-24)14-16-28/h1-12,17-18,27-28H,13-16H2/b25-17+,26-18+. The Morgan fingerprint density at radius 3 is 1.21 bits per heavy atom. The van der Waals surface area contributed by atoms with E-state index in [1.807, 2.05) is 85.2 Å². The van der Waals surface area contributed by atoms with Crippen molar-refractivity contribution in [2.75, 3.05) is 13.2 Å². The van der Waals surface area contributed by atoms with Crippen LogP contribution in [-0.2, 0) is 12.8 Å². The zero-order valence-corrected chi connectivity index (χ0v) is 15.7. The Morgan fingerprint density at radius 2 is 0.893 bits per heavy atom. The SMILES string of the molecule is OCCc1ccc(/N=C/c2ccc(/C=N/c3ccc(CCO)cc3)cc2)cc1. The number of aliphatic hydroxyl groups excluding tert-OH is 2. The first-order chi connectivity index (χ1) is 13.8. The van der Waals surface area contributed by atoms with Crippen LogP contribution in [0.1, 0.15) is 22.3 Å². The average molecular weight is 372 g/mol. The van der Waals surface area contributed by atoms with E-state index in [0.29, 0.717) is 12.8 Å². The lowest BCUT2D eigenvalue weighted by molar-refractivity contribution is 0.299. The van der Waals surface area contributed by atoms with E-state index in [9.17, 15) is 0 Å². The summed E-state index contributed by atoms with van der Waals surface area (Å²) in [4.78, 5) is 8.97. The molecule has 3 aromatic rings. The normalized spacial score (nSPS) is 11.5. The van der Waals surface area contributed by atoms with Crippen molar-refractivity contribution in [2.24, 2.45) is 9.98 Å². The monoisotopic (exact) mass is 372 g/mol. The first kappa shape index (κ1) is 19.7. The molecular weight excluding hydrogens is 348 g/mol. The molecule has 0 aromatic heterocycles. The van der Waals surface area contributed by atoms with Gasteiger partial charge < -0.3 is 10.2 Å². The molecule has 142 valence electrons. The molecule has 0 spiro atoms. The summed E-state index contributed by atoms with van der Waals surface area (Å²) >= 11 is 0. The van der Waals surface area contributed by atoms with Crippen LogP contribution in [0.5, 0.6) is 0 Å². The lowest BCUT2D eigenvalue weighted by Gasteiger charge is -2.00. The second-order valence-corrected chi connectivity index (χ2v) is 6.46. The smallest absolute Gasteiger partial charge is 0.0630 e. The largest absolute Gasteiger partial charge is 0.396 e. The Kier molecular flexibility index (Phi) is 7.24. The fourth-order valence-electron chi connectivity index (χ4n) is 2.72. The quantitative estimate of drug-likeness (QED) is 0.580. The molecule has 0 fully saturated rings. The Hall–Kier alpha value is -3.08. The second-order valence-electron chi connectivity index (χ2n) is 6.46. The van der Waals surface area contributed by atoms with E-state index in [1.54, 1.807) is 0 Å². The number of aliphatic imine (C=N–C) groups is 2. The van der Waals surface area contributed by atoms with Gasteiger partial charge in [0.05, 0.1) is 11.4 Å². The van der Waals surface area contributed by atoms with Gasteiger partial charge in [0.15, 0.2) is 0 Å². The summed E-state index contributed by atoms with van der Waals surface area (Å²) in [6, 6.07) is 23.8. The highest BCUT2D eigenvalue weighted by Crippen LogP contribution is 2.15. The third-order valence-electron chi connectivity index (χ3n) is 4.34. The number of hydrogen-bond acceptors (Lipinski definition) is 4. The number of benzene rings is 3. The van der Waals surface area contributed by atoms with Crippen LogP contribution in [0.2, 0.25) is 0 Å². The third kappa shape index (κ3) is 5.98. The fourth-order valence-corrected chi connectivity index (χ4v) is 2.72. The van der Waals surface area contributed by atoms with Crippen molar-refractivity contribution < 1.29 is 10.2 Å². The first-order valence-electron chi connectivity index (χ1n) is 9.34. The molecule has 28 heavy (non-hydrogen) atoms. The third-order valence-corrected chi connectivity index (χ3v) is 4.34. The van der Waals surface area contributed by atoms with E-state index in [0.717, 1.165) is 33.6 Å². The molecule has 0 aliphatic carbocycles. The topological polar surface area (TPSA) is 65.2 Å². The van der Waals surface area contributed by atoms with Crippen LogP contribution in [0.3, 0.4) is 0 Å². The minimum Gasteiger partial charge on any atom is -0.396 e. The minimum atomic E-state index is 0.160. The van der Waals surface area contributed by atoms with Crippen molar-refractivity contribution in [2.45, 2.75) is 12.8 Å². The zero-order chi connectivity index (χ0) is 19.6. The molecule has 0 atom stereocenters. The lowest BCUT2D eigenvalue weighted by atomic mass is 10.1.